The van der Waals surface area contributed by atoms with E-state index >= 15 is 0 Å². The van der Waals surface area contributed by atoms with E-state index in [9.17, 15) is 9.59 Å². The Labute approximate surface area is 78.8 Å². The molecule has 0 aromatic rings. The first-order chi connectivity index (χ1) is 6.31. The average molecular weight is 184 g/mol. The van der Waals surface area contributed by atoms with Gasteiger partial charge in [-0.2, -0.15) is 0 Å². The molecule has 0 aromatic carbocycles. The van der Waals surface area contributed by atoms with Gasteiger partial charge in [-0.25, -0.2) is 0 Å². The Balaban J connectivity index is 3.16. The maximum atomic E-state index is 10.7. The summed E-state index contributed by atoms with van der Waals surface area (Å²) in [6.45, 7) is 0. The standard InChI is InChI=1S/C10H16O3/c1-13-10(12)8-6-4-2-3-5-7-9-11/h3,5,9H,2,4,6-8H2,1H3. The SMILES string of the molecule is COC(=O)CCCCC=CCC=O. The van der Waals surface area contributed by atoms with Crippen molar-refractivity contribution in [1.29, 1.82) is 0 Å². The van der Waals surface area contributed by atoms with Crippen LogP contribution in [0.2, 0.25) is 0 Å². The van der Waals surface area contributed by atoms with Crippen LogP contribution in [0.4, 0.5) is 0 Å². The van der Waals surface area contributed by atoms with E-state index in [4.69, 9.17) is 0 Å². The summed E-state index contributed by atoms with van der Waals surface area (Å²) in [5, 5.41) is 0. The molecule has 0 N–H and O–H groups in total. The minimum absolute atomic E-state index is 0.156. The maximum Gasteiger partial charge on any atom is 0.305 e. The van der Waals surface area contributed by atoms with Crippen molar-refractivity contribution in [3.05, 3.63) is 12.2 Å². The second kappa shape index (κ2) is 8.97. The minimum atomic E-state index is -0.156. The van der Waals surface area contributed by atoms with Gasteiger partial charge in [-0.3, -0.25) is 4.79 Å². The second-order valence-corrected chi connectivity index (χ2v) is 2.70. The predicted octanol–water partition coefficient (Wildman–Crippen LogP) is 1.86. The van der Waals surface area contributed by atoms with E-state index in [-0.39, 0.29) is 5.97 Å². The number of carbonyl (C=O) groups excluding carboxylic acids is 2. The summed E-state index contributed by atoms with van der Waals surface area (Å²) in [4.78, 5) is 20.6. The van der Waals surface area contributed by atoms with Gasteiger partial charge in [0.1, 0.15) is 6.29 Å². The van der Waals surface area contributed by atoms with Crippen molar-refractivity contribution in [3.63, 3.8) is 0 Å². The highest BCUT2D eigenvalue weighted by Gasteiger charge is 1.97. The molecule has 0 saturated carbocycles. The summed E-state index contributed by atoms with van der Waals surface area (Å²) in [7, 11) is 1.40. The third-order valence-corrected chi connectivity index (χ3v) is 1.63. The monoisotopic (exact) mass is 184 g/mol. The highest BCUT2D eigenvalue weighted by atomic mass is 16.5. The zero-order valence-electron chi connectivity index (χ0n) is 7.99. The van der Waals surface area contributed by atoms with Gasteiger partial charge in [-0.15, -0.1) is 0 Å². The molecule has 0 aliphatic carbocycles. The summed E-state index contributed by atoms with van der Waals surface area (Å²) in [6.07, 6.45) is 8.37. The molecule has 13 heavy (non-hydrogen) atoms. The van der Waals surface area contributed by atoms with Crippen LogP contribution in [-0.4, -0.2) is 19.4 Å². The molecule has 0 unspecified atom stereocenters. The summed E-state index contributed by atoms with van der Waals surface area (Å²) >= 11 is 0. The lowest BCUT2D eigenvalue weighted by atomic mass is 10.2. The van der Waals surface area contributed by atoms with Gasteiger partial charge in [0.25, 0.3) is 0 Å². The van der Waals surface area contributed by atoms with Gasteiger partial charge in [0.15, 0.2) is 0 Å². The molecule has 0 radical (unpaired) electrons. The normalized spacial score (nSPS) is 10.2. The van der Waals surface area contributed by atoms with Crippen LogP contribution in [0.25, 0.3) is 0 Å². The molecule has 0 fully saturated rings. The number of carbonyl (C=O) groups is 2. The maximum absolute atomic E-state index is 10.7. The van der Waals surface area contributed by atoms with E-state index in [2.05, 4.69) is 4.74 Å². The van der Waals surface area contributed by atoms with Crippen LogP contribution >= 0.6 is 0 Å². The molecular weight excluding hydrogens is 168 g/mol. The zero-order chi connectivity index (χ0) is 9.94. The van der Waals surface area contributed by atoms with Gasteiger partial charge in [0.2, 0.25) is 0 Å². The Kier molecular flexibility index (Phi) is 8.20. The van der Waals surface area contributed by atoms with Crippen LogP contribution in [0.15, 0.2) is 12.2 Å². The minimum Gasteiger partial charge on any atom is -0.469 e. The zero-order valence-corrected chi connectivity index (χ0v) is 7.99. The highest BCUT2D eigenvalue weighted by molar-refractivity contribution is 5.68. The van der Waals surface area contributed by atoms with Gasteiger partial charge < -0.3 is 9.53 Å². The van der Waals surface area contributed by atoms with Crippen molar-refractivity contribution in [1.82, 2.24) is 0 Å². The van der Waals surface area contributed by atoms with E-state index in [1.54, 1.807) is 0 Å². The third kappa shape index (κ3) is 8.79. The lowest BCUT2D eigenvalue weighted by molar-refractivity contribution is -0.140. The Hall–Kier alpha value is -1.12. The van der Waals surface area contributed by atoms with Crippen LogP contribution < -0.4 is 0 Å². The number of hydrogen-bond donors (Lipinski definition) is 0. The first kappa shape index (κ1) is 11.9. The number of unbranched alkanes of at least 4 members (excludes halogenated alkanes) is 2. The lowest BCUT2D eigenvalue weighted by Crippen LogP contribution is -1.98. The van der Waals surface area contributed by atoms with Crippen LogP contribution in [0.3, 0.4) is 0 Å². The fraction of sp³-hybridized carbons (Fsp3) is 0.600. The van der Waals surface area contributed by atoms with E-state index < -0.39 is 0 Å². The van der Waals surface area contributed by atoms with Crippen LogP contribution in [-0.2, 0) is 14.3 Å². The fourth-order valence-corrected chi connectivity index (χ4v) is 0.903. The van der Waals surface area contributed by atoms with Crippen molar-refractivity contribution in [2.45, 2.75) is 32.1 Å². The van der Waals surface area contributed by atoms with Gasteiger partial charge >= 0.3 is 5.97 Å². The van der Waals surface area contributed by atoms with Crippen molar-refractivity contribution in [3.8, 4) is 0 Å². The molecular formula is C10H16O3. The molecule has 0 rings (SSSR count). The van der Waals surface area contributed by atoms with Crippen molar-refractivity contribution in [2.75, 3.05) is 7.11 Å². The summed E-state index contributed by atoms with van der Waals surface area (Å²) in [5.74, 6) is -0.156. The van der Waals surface area contributed by atoms with Crippen molar-refractivity contribution in [2.24, 2.45) is 0 Å². The quantitative estimate of drug-likeness (QED) is 0.262. The van der Waals surface area contributed by atoms with Crippen LogP contribution in [0, 0.1) is 0 Å². The number of ether oxygens (including phenoxy) is 1. The van der Waals surface area contributed by atoms with Gasteiger partial charge in [0.05, 0.1) is 7.11 Å². The first-order valence-electron chi connectivity index (χ1n) is 4.46. The Morgan fingerprint density at radius 2 is 2.08 bits per heavy atom. The molecule has 0 aliphatic rings. The molecule has 0 saturated heterocycles. The molecule has 0 amide bonds. The molecule has 0 bridgehead atoms. The third-order valence-electron chi connectivity index (χ3n) is 1.63. The van der Waals surface area contributed by atoms with Gasteiger partial charge in [-0.1, -0.05) is 12.2 Å². The predicted molar refractivity (Wildman–Crippen MR) is 50.3 cm³/mol. The number of methoxy groups -OCH3 is 1. The van der Waals surface area contributed by atoms with Gasteiger partial charge in [-0.05, 0) is 19.3 Å². The number of rotatable bonds is 7. The second-order valence-electron chi connectivity index (χ2n) is 2.70. The largest absolute Gasteiger partial charge is 0.469 e. The molecule has 0 aliphatic heterocycles. The van der Waals surface area contributed by atoms with Crippen molar-refractivity contribution >= 4 is 12.3 Å². The van der Waals surface area contributed by atoms with E-state index in [1.165, 1.54) is 7.11 Å². The Morgan fingerprint density at radius 1 is 1.31 bits per heavy atom. The summed E-state index contributed by atoms with van der Waals surface area (Å²) in [5.41, 5.74) is 0. The number of esters is 1. The molecule has 0 atom stereocenters. The smallest absolute Gasteiger partial charge is 0.305 e. The van der Waals surface area contributed by atoms with Crippen LogP contribution in [0.1, 0.15) is 32.1 Å². The first-order valence-corrected chi connectivity index (χ1v) is 4.46. The highest BCUT2D eigenvalue weighted by Crippen LogP contribution is 2.01. The Bertz CT molecular complexity index is 173. The molecule has 0 heterocycles. The van der Waals surface area contributed by atoms with E-state index in [0.717, 1.165) is 25.5 Å². The number of aldehydes is 1. The number of hydrogen-bond acceptors (Lipinski definition) is 3. The molecule has 3 heteroatoms. The summed E-state index contributed by atoms with van der Waals surface area (Å²) in [6, 6.07) is 0. The topological polar surface area (TPSA) is 43.4 Å². The molecule has 74 valence electrons. The average Bonchev–Trinajstić information content (AvgIpc) is 2.16. The van der Waals surface area contributed by atoms with E-state index in [1.807, 2.05) is 12.2 Å². The molecule has 3 nitrogen and oxygen atoms in total. The van der Waals surface area contributed by atoms with Crippen molar-refractivity contribution < 1.29 is 14.3 Å². The molecule has 0 spiro atoms. The molecule has 0 aromatic heterocycles. The summed E-state index contributed by atoms with van der Waals surface area (Å²) < 4.78 is 4.49. The van der Waals surface area contributed by atoms with Crippen LogP contribution in [0.5, 0.6) is 0 Å². The number of allylic oxidation sites excluding steroid dienone is 2. The fourth-order valence-electron chi connectivity index (χ4n) is 0.903. The lowest BCUT2D eigenvalue weighted by Gasteiger charge is -1.96. The Morgan fingerprint density at radius 3 is 2.69 bits per heavy atom. The van der Waals surface area contributed by atoms with E-state index in [0.29, 0.717) is 12.8 Å². The van der Waals surface area contributed by atoms with Gasteiger partial charge in [0, 0.05) is 12.8 Å².